The van der Waals surface area contributed by atoms with Gasteiger partial charge in [-0.3, -0.25) is 9.36 Å². The molecule has 0 radical (unpaired) electrons. The second-order valence-electron chi connectivity index (χ2n) is 4.34. The number of thiazole rings is 1. The van der Waals surface area contributed by atoms with Gasteiger partial charge in [0.05, 0.1) is 23.7 Å². The van der Waals surface area contributed by atoms with Crippen LogP contribution in [0.2, 0.25) is 0 Å². The lowest BCUT2D eigenvalue weighted by Crippen LogP contribution is -2.23. The van der Waals surface area contributed by atoms with Gasteiger partial charge in [-0.05, 0) is 13.3 Å². The van der Waals surface area contributed by atoms with Crippen molar-refractivity contribution in [2.75, 3.05) is 7.11 Å². The van der Waals surface area contributed by atoms with Gasteiger partial charge in [-0.25, -0.2) is 9.97 Å². The minimum absolute atomic E-state index is 0.0880. The maximum atomic E-state index is 11.9. The van der Waals surface area contributed by atoms with E-state index in [0.717, 1.165) is 23.5 Å². The second-order valence-corrected chi connectivity index (χ2v) is 5.55. The minimum atomic E-state index is -0.0880. The lowest BCUT2D eigenvalue weighted by atomic mass is 10.3. The van der Waals surface area contributed by atoms with Crippen molar-refractivity contribution in [3.8, 4) is 6.01 Å². The standard InChI is InChI=1S/C13H16ClN3O2S/c1-9-6-12(18)17(13(15-9)19-2)5-3-4-11-16-10(7-14)8-20-11/h6,8H,3-5,7H2,1-2H3. The quantitative estimate of drug-likeness (QED) is 0.768. The molecule has 20 heavy (non-hydrogen) atoms. The van der Waals surface area contributed by atoms with Gasteiger partial charge in [-0.2, -0.15) is 0 Å². The molecular formula is C13H16ClN3O2S. The molecule has 2 rings (SSSR count). The summed E-state index contributed by atoms with van der Waals surface area (Å²) >= 11 is 7.32. The van der Waals surface area contributed by atoms with Crippen LogP contribution in [-0.4, -0.2) is 21.6 Å². The highest BCUT2D eigenvalue weighted by atomic mass is 35.5. The lowest BCUT2D eigenvalue weighted by molar-refractivity contribution is 0.342. The van der Waals surface area contributed by atoms with Crippen molar-refractivity contribution >= 4 is 22.9 Å². The average Bonchev–Trinajstić information content (AvgIpc) is 2.88. The van der Waals surface area contributed by atoms with Gasteiger partial charge in [0.15, 0.2) is 0 Å². The monoisotopic (exact) mass is 313 g/mol. The Labute approximate surface area is 126 Å². The topological polar surface area (TPSA) is 57.0 Å². The third-order valence-electron chi connectivity index (χ3n) is 2.79. The van der Waals surface area contributed by atoms with E-state index in [2.05, 4.69) is 9.97 Å². The summed E-state index contributed by atoms with van der Waals surface area (Å²) in [5, 5.41) is 3.00. The first-order valence-corrected chi connectivity index (χ1v) is 7.67. The summed E-state index contributed by atoms with van der Waals surface area (Å²) < 4.78 is 6.70. The molecule has 0 bridgehead atoms. The molecular weight excluding hydrogens is 298 g/mol. The zero-order valence-corrected chi connectivity index (χ0v) is 13.0. The molecule has 108 valence electrons. The Morgan fingerprint density at radius 1 is 1.45 bits per heavy atom. The fraction of sp³-hybridized carbons (Fsp3) is 0.462. The smallest absolute Gasteiger partial charge is 0.299 e. The highest BCUT2D eigenvalue weighted by molar-refractivity contribution is 7.09. The molecule has 0 aliphatic carbocycles. The number of hydrogen-bond acceptors (Lipinski definition) is 5. The second kappa shape index (κ2) is 6.85. The molecule has 2 heterocycles. The van der Waals surface area contributed by atoms with Gasteiger partial charge in [0.2, 0.25) is 0 Å². The number of methoxy groups -OCH3 is 1. The van der Waals surface area contributed by atoms with Crippen LogP contribution in [0.25, 0.3) is 0 Å². The van der Waals surface area contributed by atoms with Crippen molar-refractivity contribution in [3.63, 3.8) is 0 Å². The number of alkyl halides is 1. The van der Waals surface area contributed by atoms with Crippen molar-refractivity contribution in [1.29, 1.82) is 0 Å². The zero-order chi connectivity index (χ0) is 14.5. The zero-order valence-electron chi connectivity index (χ0n) is 11.4. The van der Waals surface area contributed by atoms with E-state index in [4.69, 9.17) is 16.3 Å². The molecule has 0 saturated heterocycles. The number of ether oxygens (including phenoxy) is 1. The van der Waals surface area contributed by atoms with Crippen LogP contribution < -0.4 is 10.3 Å². The third kappa shape index (κ3) is 3.58. The van der Waals surface area contributed by atoms with Crippen LogP contribution in [0, 0.1) is 6.92 Å². The molecule has 0 fully saturated rings. The summed E-state index contributed by atoms with van der Waals surface area (Å²) in [5.74, 6) is 0.436. The van der Waals surface area contributed by atoms with Crippen LogP contribution in [0.4, 0.5) is 0 Å². The summed E-state index contributed by atoms with van der Waals surface area (Å²) in [7, 11) is 1.52. The van der Waals surface area contributed by atoms with E-state index in [-0.39, 0.29) is 5.56 Å². The van der Waals surface area contributed by atoms with Crippen molar-refractivity contribution in [2.45, 2.75) is 32.2 Å². The molecule has 0 spiro atoms. The third-order valence-corrected chi connectivity index (χ3v) is 4.02. The van der Waals surface area contributed by atoms with E-state index >= 15 is 0 Å². The predicted octanol–water partition coefficient (Wildman–Crippen LogP) is 2.39. The van der Waals surface area contributed by atoms with E-state index in [1.54, 1.807) is 22.8 Å². The Kier molecular flexibility index (Phi) is 5.14. The van der Waals surface area contributed by atoms with Gasteiger partial charge in [0.1, 0.15) is 0 Å². The van der Waals surface area contributed by atoms with Crippen molar-refractivity contribution in [3.05, 3.63) is 38.2 Å². The maximum absolute atomic E-state index is 11.9. The summed E-state index contributed by atoms with van der Waals surface area (Å²) in [4.78, 5) is 20.5. The van der Waals surface area contributed by atoms with Crippen LogP contribution >= 0.6 is 22.9 Å². The van der Waals surface area contributed by atoms with E-state index in [1.807, 2.05) is 5.38 Å². The molecule has 0 unspecified atom stereocenters. The van der Waals surface area contributed by atoms with E-state index in [0.29, 0.717) is 24.1 Å². The predicted molar refractivity (Wildman–Crippen MR) is 79.8 cm³/mol. The molecule has 0 atom stereocenters. The first-order valence-electron chi connectivity index (χ1n) is 6.25. The number of rotatable bonds is 6. The maximum Gasteiger partial charge on any atom is 0.299 e. The van der Waals surface area contributed by atoms with Gasteiger partial charge in [0, 0.05) is 30.1 Å². The van der Waals surface area contributed by atoms with E-state index < -0.39 is 0 Å². The summed E-state index contributed by atoms with van der Waals surface area (Å²) in [6.45, 7) is 2.34. The van der Waals surface area contributed by atoms with Gasteiger partial charge in [-0.1, -0.05) is 0 Å². The number of nitrogens with zero attached hydrogens (tertiary/aromatic N) is 3. The molecule has 0 aromatic carbocycles. The first-order chi connectivity index (χ1) is 9.63. The van der Waals surface area contributed by atoms with Gasteiger partial charge in [-0.15, -0.1) is 22.9 Å². The Bertz CT molecular complexity index is 639. The van der Waals surface area contributed by atoms with Crippen LogP contribution in [0.1, 0.15) is 22.8 Å². The SMILES string of the molecule is COc1nc(C)cc(=O)n1CCCc1nc(CCl)cs1. The van der Waals surface area contributed by atoms with E-state index in [9.17, 15) is 4.79 Å². The number of halogens is 1. The van der Waals surface area contributed by atoms with Crippen molar-refractivity contribution in [1.82, 2.24) is 14.5 Å². The highest BCUT2D eigenvalue weighted by Crippen LogP contribution is 2.14. The largest absolute Gasteiger partial charge is 0.468 e. The molecule has 0 amide bonds. The van der Waals surface area contributed by atoms with Crippen LogP contribution in [-0.2, 0) is 18.8 Å². The van der Waals surface area contributed by atoms with Crippen LogP contribution in [0.15, 0.2) is 16.2 Å². The van der Waals surface area contributed by atoms with E-state index in [1.165, 1.54) is 13.2 Å². The normalized spacial score (nSPS) is 10.8. The van der Waals surface area contributed by atoms with Crippen LogP contribution in [0.5, 0.6) is 6.01 Å². The molecule has 7 heteroatoms. The molecule has 0 aliphatic heterocycles. The van der Waals surface area contributed by atoms with Crippen molar-refractivity contribution in [2.24, 2.45) is 0 Å². The fourth-order valence-electron chi connectivity index (χ4n) is 1.87. The molecule has 5 nitrogen and oxygen atoms in total. The highest BCUT2D eigenvalue weighted by Gasteiger charge is 2.08. The van der Waals surface area contributed by atoms with Gasteiger partial charge >= 0.3 is 0 Å². The number of aromatic nitrogens is 3. The fourth-order valence-corrected chi connectivity index (χ4v) is 2.94. The lowest BCUT2D eigenvalue weighted by Gasteiger charge is -2.10. The molecule has 0 N–H and O–H groups in total. The molecule has 2 aromatic heterocycles. The molecule has 2 aromatic rings. The van der Waals surface area contributed by atoms with Gasteiger partial charge in [0.25, 0.3) is 11.6 Å². The minimum Gasteiger partial charge on any atom is -0.468 e. The average molecular weight is 314 g/mol. The number of aryl methyl sites for hydroxylation is 2. The first kappa shape index (κ1) is 15.0. The Hall–Kier alpha value is -1.40. The summed E-state index contributed by atoms with van der Waals surface area (Å²) in [5.41, 5.74) is 1.48. The summed E-state index contributed by atoms with van der Waals surface area (Å²) in [6, 6.07) is 1.87. The molecule has 0 aliphatic rings. The van der Waals surface area contributed by atoms with Crippen LogP contribution in [0.3, 0.4) is 0 Å². The summed E-state index contributed by atoms with van der Waals surface area (Å²) in [6.07, 6.45) is 1.61. The Balaban J connectivity index is 2.02. The van der Waals surface area contributed by atoms with Gasteiger partial charge < -0.3 is 4.74 Å². The van der Waals surface area contributed by atoms with Crippen molar-refractivity contribution < 1.29 is 4.74 Å². The Morgan fingerprint density at radius 2 is 2.25 bits per heavy atom. The number of hydrogen-bond donors (Lipinski definition) is 0. The Morgan fingerprint density at radius 3 is 2.90 bits per heavy atom. The molecule has 0 saturated carbocycles.